The van der Waals surface area contributed by atoms with Gasteiger partial charge in [0.1, 0.15) is 0 Å². The number of carbonyl (C=O) groups excluding carboxylic acids is 1. The Morgan fingerprint density at radius 2 is 2.32 bits per heavy atom. The van der Waals surface area contributed by atoms with E-state index in [0.29, 0.717) is 18.7 Å². The third-order valence-corrected chi connectivity index (χ3v) is 3.78. The van der Waals surface area contributed by atoms with E-state index in [-0.39, 0.29) is 5.91 Å². The minimum atomic E-state index is 0.0302. The summed E-state index contributed by atoms with van der Waals surface area (Å²) < 4.78 is 0. The number of rotatable bonds is 5. The highest BCUT2D eigenvalue weighted by Crippen LogP contribution is 2.18. The fourth-order valence-corrected chi connectivity index (χ4v) is 2.59. The number of nitrogens with one attached hydrogen (secondary N) is 1. The van der Waals surface area contributed by atoms with E-state index in [9.17, 15) is 4.79 Å². The van der Waals surface area contributed by atoms with Gasteiger partial charge in [0.25, 0.3) is 5.91 Å². The maximum Gasteiger partial charge on any atom is 0.256 e. The zero-order valence-corrected chi connectivity index (χ0v) is 11.9. The van der Waals surface area contributed by atoms with Crippen LogP contribution in [-0.4, -0.2) is 29.4 Å². The van der Waals surface area contributed by atoms with Gasteiger partial charge < -0.3 is 10.2 Å². The lowest BCUT2D eigenvalue weighted by atomic mass is 10.2. The maximum atomic E-state index is 12.5. The van der Waals surface area contributed by atoms with Crippen LogP contribution in [0.5, 0.6) is 0 Å². The first-order valence-corrected chi connectivity index (χ1v) is 7.07. The molecule has 5 heteroatoms. The Bertz CT molecular complexity index is 539. The van der Waals surface area contributed by atoms with Crippen LogP contribution in [0.15, 0.2) is 36.0 Å². The van der Waals surface area contributed by atoms with E-state index in [1.807, 2.05) is 29.3 Å². The Morgan fingerprint density at radius 3 is 2.95 bits per heavy atom. The maximum absolute atomic E-state index is 12.5. The van der Waals surface area contributed by atoms with E-state index in [0.717, 1.165) is 5.69 Å². The lowest BCUT2D eigenvalue weighted by molar-refractivity contribution is 0.0755. The molecule has 0 aliphatic rings. The van der Waals surface area contributed by atoms with Gasteiger partial charge in [-0.3, -0.25) is 9.78 Å². The molecule has 19 heavy (non-hydrogen) atoms. The number of aromatic nitrogens is 1. The van der Waals surface area contributed by atoms with E-state index < -0.39 is 0 Å². The number of hydrogen-bond acceptors (Lipinski definition) is 4. The fraction of sp³-hybridized carbons (Fsp3) is 0.286. The molecule has 0 aliphatic heterocycles. The molecule has 0 aromatic carbocycles. The van der Waals surface area contributed by atoms with Crippen LogP contribution in [-0.2, 0) is 6.54 Å². The second kappa shape index (κ2) is 6.33. The molecule has 0 saturated heterocycles. The molecule has 1 amide bonds. The highest BCUT2D eigenvalue weighted by molar-refractivity contribution is 7.09. The van der Waals surface area contributed by atoms with Crippen molar-refractivity contribution in [3.63, 3.8) is 0 Å². The molecule has 100 valence electrons. The van der Waals surface area contributed by atoms with Crippen LogP contribution in [0.4, 0.5) is 5.69 Å². The predicted molar refractivity (Wildman–Crippen MR) is 78.5 cm³/mol. The largest absolute Gasteiger partial charge is 0.386 e. The molecular weight excluding hydrogens is 258 g/mol. The molecule has 2 heterocycles. The zero-order valence-electron chi connectivity index (χ0n) is 11.1. The van der Waals surface area contributed by atoms with E-state index in [4.69, 9.17) is 0 Å². The van der Waals surface area contributed by atoms with E-state index in [1.165, 1.54) is 4.88 Å². The SMILES string of the molecule is CCN(Cc1cccs1)C(=O)c1ccncc1NC. The summed E-state index contributed by atoms with van der Waals surface area (Å²) in [4.78, 5) is 19.6. The summed E-state index contributed by atoms with van der Waals surface area (Å²) >= 11 is 1.67. The summed E-state index contributed by atoms with van der Waals surface area (Å²) in [5.74, 6) is 0.0302. The smallest absolute Gasteiger partial charge is 0.256 e. The molecule has 2 aromatic rings. The van der Waals surface area contributed by atoms with Crippen molar-refractivity contribution >= 4 is 22.9 Å². The average molecular weight is 275 g/mol. The number of pyridine rings is 1. The van der Waals surface area contributed by atoms with Crippen molar-refractivity contribution in [2.75, 3.05) is 18.9 Å². The summed E-state index contributed by atoms with van der Waals surface area (Å²) in [5.41, 5.74) is 1.42. The summed E-state index contributed by atoms with van der Waals surface area (Å²) in [7, 11) is 1.79. The lowest BCUT2D eigenvalue weighted by Crippen LogP contribution is -2.30. The van der Waals surface area contributed by atoms with Crippen molar-refractivity contribution in [2.24, 2.45) is 0 Å². The van der Waals surface area contributed by atoms with Gasteiger partial charge in [0.15, 0.2) is 0 Å². The second-order valence-corrected chi connectivity index (χ2v) is 5.10. The molecule has 0 radical (unpaired) electrons. The third kappa shape index (κ3) is 3.12. The molecule has 0 unspecified atom stereocenters. The fourth-order valence-electron chi connectivity index (χ4n) is 1.87. The highest BCUT2D eigenvalue weighted by Gasteiger charge is 2.17. The summed E-state index contributed by atoms with van der Waals surface area (Å²) in [6, 6.07) is 5.81. The first-order chi connectivity index (χ1) is 9.26. The van der Waals surface area contributed by atoms with Crippen LogP contribution in [0.2, 0.25) is 0 Å². The Kier molecular flexibility index (Phi) is 4.52. The molecule has 0 fully saturated rings. The Hall–Kier alpha value is -1.88. The molecule has 1 N–H and O–H groups in total. The van der Waals surface area contributed by atoms with Crippen molar-refractivity contribution in [1.82, 2.24) is 9.88 Å². The van der Waals surface area contributed by atoms with Gasteiger partial charge in [-0.2, -0.15) is 0 Å². The van der Waals surface area contributed by atoms with Crippen molar-refractivity contribution in [3.8, 4) is 0 Å². The minimum absolute atomic E-state index is 0.0302. The quantitative estimate of drug-likeness (QED) is 0.912. The topological polar surface area (TPSA) is 45.2 Å². The number of carbonyl (C=O) groups is 1. The van der Waals surface area contributed by atoms with Crippen LogP contribution in [0.3, 0.4) is 0 Å². The van der Waals surface area contributed by atoms with Crippen molar-refractivity contribution < 1.29 is 4.79 Å². The highest BCUT2D eigenvalue weighted by atomic mass is 32.1. The number of hydrogen-bond donors (Lipinski definition) is 1. The number of anilines is 1. The minimum Gasteiger partial charge on any atom is -0.386 e. The molecule has 2 aromatic heterocycles. The third-order valence-electron chi connectivity index (χ3n) is 2.92. The molecule has 0 spiro atoms. The van der Waals surface area contributed by atoms with E-state index in [2.05, 4.69) is 10.3 Å². The normalized spacial score (nSPS) is 10.2. The van der Waals surface area contributed by atoms with Gasteiger partial charge in [-0.15, -0.1) is 11.3 Å². The Balaban J connectivity index is 2.20. The van der Waals surface area contributed by atoms with Gasteiger partial charge in [-0.1, -0.05) is 6.07 Å². The number of amides is 1. The molecular formula is C14H17N3OS. The van der Waals surface area contributed by atoms with Crippen LogP contribution in [0.1, 0.15) is 22.2 Å². The molecule has 2 rings (SSSR count). The number of nitrogens with zero attached hydrogens (tertiary/aromatic N) is 2. The van der Waals surface area contributed by atoms with Crippen molar-refractivity contribution in [2.45, 2.75) is 13.5 Å². The first-order valence-electron chi connectivity index (χ1n) is 6.19. The van der Waals surface area contributed by atoms with Crippen LogP contribution in [0.25, 0.3) is 0 Å². The van der Waals surface area contributed by atoms with E-state index in [1.54, 1.807) is 36.8 Å². The summed E-state index contributed by atoms with van der Waals surface area (Å²) in [6.45, 7) is 3.33. The predicted octanol–water partition coefficient (Wildman–Crippen LogP) is 2.85. The summed E-state index contributed by atoms with van der Waals surface area (Å²) in [6.07, 6.45) is 3.32. The standard InChI is InChI=1S/C14H17N3OS/c1-3-17(10-11-5-4-8-19-11)14(18)12-6-7-16-9-13(12)15-2/h4-9,15H,3,10H2,1-2H3. The molecule has 0 saturated carbocycles. The molecule has 0 atom stereocenters. The Morgan fingerprint density at radius 1 is 1.47 bits per heavy atom. The van der Waals surface area contributed by atoms with Gasteiger partial charge in [-0.25, -0.2) is 0 Å². The van der Waals surface area contributed by atoms with Crippen LogP contribution < -0.4 is 5.32 Å². The van der Waals surface area contributed by atoms with Crippen LogP contribution >= 0.6 is 11.3 Å². The van der Waals surface area contributed by atoms with Gasteiger partial charge in [0.05, 0.1) is 24.0 Å². The second-order valence-electron chi connectivity index (χ2n) is 4.07. The van der Waals surface area contributed by atoms with Gasteiger partial charge in [0.2, 0.25) is 0 Å². The summed E-state index contributed by atoms with van der Waals surface area (Å²) in [5, 5.41) is 5.03. The lowest BCUT2D eigenvalue weighted by Gasteiger charge is -2.21. The van der Waals surface area contributed by atoms with Gasteiger partial charge in [0, 0.05) is 24.7 Å². The zero-order chi connectivity index (χ0) is 13.7. The Labute approximate surface area is 117 Å². The molecule has 0 aliphatic carbocycles. The number of thiophene rings is 1. The van der Waals surface area contributed by atoms with Crippen LogP contribution in [0, 0.1) is 0 Å². The van der Waals surface area contributed by atoms with E-state index >= 15 is 0 Å². The first kappa shape index (κ1) is 13.5. The average Bonchev–Trinajstić information content (AvgIpc) is 2.97. The van der Waals surface area contributed by atoms with Gasteiger partial charge >= 0.3 is 0 Å². The van der Waals surface area contributed by atoms with Gasteiger partial charge in [-0.05, 0) is 24.4 Å². The molecule has 0 bridgehead atoms. The van der Waals surface area contributed by atoms with Crippen molar-refractivity contribution in [3.05, 3.63) is 46.4 Å². The molecule has 4 nitrogen and oxygen atoms in total. The monoisotopic (exact) mass is 275 g/mol. The van der Waals surface area contributed by atoms with Crippen molar-refractivity contribution in [1.29, 1.82) is 0 Å².